The highest BCUT2D eigenvalue weighted by Gasteiger charge is 2.30. The fourth-order valence-corrected chi connectivity index (χ4v) is 3.59. The largest absolute Gasteiger partial charge is 0.448 e. The van der Waals surface area contributed by atoms with Gasteiger partial charge in [-0.1, -0.05) is 48.5 Å². The minimum Gasteiger partial charge on any atom is -0.448 e. The van der Waals surface area contributed by atoms with E-state index in [1.54, 1.807) is 0 Å². The quantitative estimate of drug-likeness (QED) is 0.624. The number of carbonyl (C=O) groups is 1. The van der Waals surface area contributed by atoms with Crippen molar-refractivity contribution in [3.05, 3.63) is 59.7 Å². The SMILES string of the molecule is O=C(OCC1c2ccccc2-c2ccccc21)N1CCOS1. The van der Waals surface area contributed by atoms with Crippen LogP contribution in [-0.4, -0.2) is 30.2 Å². The first-order valence-corrected chi connectivity index (χ1v) is 7.96. The van der Waals surface area contributed by atoms with E-state index in [9.17, 15) is 4.79 Å². The van der Waals surface area contributed by atoms with E-state index in [4.69, 9.17) is 8.92 Å². The Labute approximate surface area is 133 Å². The second-order valence-electron chi connectivity index (χ2n) is 5.30. The van der Waals surface area contributed by atoms with Gasteiger partial charge in [-0.25, -0.2) is 9.10 Å². The van der Waals surface area contributed by atoms with Crippen LogP contribution in [0.25, 0.3) is 11.1 Å². The minimum atomic E-state index is -0.329. The van der Waals surface area contributed by atoms with Crippen molar-refractivity contribution in [1.29, 1.82) is 0 Å². The molecule has 0 atom stereocenters. The third kappa shape index (κ3) is 2.26. The Kier molecular flexibility index (Phi) is 3.52. The van der Waals surface area contributed by atoms with Gasteiger partial charge in [0.1, 0.15) is 18.8 Å². The average molecular weight is 313 g/mol. The Balaban J connectivity index is 1.57. The average Bonchev–Trinajstić information content (AvgIpc) is 3.20. The predicted molar refractivity (Wildman–Crippen MR) is 85.3 cm³/mol. The molecule has 1 fully saturated rings. The molecule has 0 spiro atoms. The van der Waals surface area contributed by atoms with E-state index in [0.29, 0.717) is 19.8 Å². The lowest BCUT2D eigenvalue weighted by atomic mass is 9.98. The maximum Gasteiger partial charge on any atom is 0.421 e. The van der Waals surface area contributed by atoms with E-state index in [2.05, 4.69) is 24.3 Å². The summed E-state index contributed by atoms with van der Waals surface area (Å²) in [6, 6.07) is 16.6. The van der Waals surface area contributed by atoms with Crippen LogP contribution < -0.4 is 0 Å². The van der Waals surface area contributed by atoms with E-state index in [0.717, 1.165) is 12.2 Å². The van der Waals surface area contributed by atoms with Gasteiger partial charge in [-0.3, -0.25) is 4.18 Å². The highest BCUT2D eigenvalue weighted by atomic mass is 32.2. The van der Waals surface area contributed by atoms with Gasteiger partial charge in [-0.15, -0.1) is 0 Å². The molecule has 4 rings (SSSR count). The van der Waals surface area contributed by atoms with Crippen LogP contribution in [0.1, 0.15) is 17.0 Å². The Morgan fingerprint density at radius 3 is 2.36 bits per heavy atom. The third-order valence-electron chi connectivity index (χ3n) is 4.06. The van der Waals surface area contributed by atoms with Crippen LogP contribution in [0.5, 0.6) is 0 Å². The van der Waals surface area contributed by atoms with Crippen LogP contribution >= 0.6 is 12.2 Å². The van der Waals surface area contributed by atoms with Crippen molar-refractivity contribution in [2.24, 2.45) is 0 Å². The van der Waals surface area contributed by atoms with Crippen LogP contribution in [0.15, 0.2) is 48.5 Å². The summed E-state index contributed by atoms with van der Waals surface area (Å²) in [5, 5.41) is 0. The van der Waals surface area contributed by atoms with Crippen LogP contribution in [0.4, 0.5) is 4.79 Å². The molecule has 1 aliphatic heterocycles. The summed E-state index contributed by atoms with van der Waals surface area (Å²) in [5.41, 5.74) is 4.92. The summed E-state index contributed by atoms with van der Waals surface area (Å²) in [6.07, 6.45) is -0.329. The maximum atomic E-state index is 12.0. The third-order valence-corrected chi connectivity index (χ3v) is 4.84. The number of nitrogens with zero attached hydrogens (tertiary/aromatic N) is 1. The summed E-state index contributed by atoms with van der Waals surface area (Å²) in [4.78, 5) is 12.0. The number of fused-ring (bicyclic) bond motifs is 3. The molecule has 2 aromatic carbocycles. The Morgan fingerprint density at radius 1 is 1.14 bits per heavy atom. The molecular weight excluding hydrogens is 298 g/mol. The molecule has 0 bridgehead atoms. The first-order chi connectivity index (χ1) is 10.8. The number of hydrogen-bond donors (Lipinski definition) is 0. The van der Waals surface area contributed by atoms with E-state index in [1.807, 2.05) is 24.3 Å². The van der Waals surface area contributed by atoms with E-state index >= 15 is 0 Å². The summed E-state index contributed by atoms with van der Waals surface area (Å²) in [5.74, 6) is 0.102. The van der Waals surface area contributed by atoms with Crippen molar-refractivity contribution >= 4 is 18.3 Å². The fourth-order valence-electron chi connectivity index (χ4n) is 3.05. The van der Waals surface area contributed by atoms with Crippen LogP contribution in [-0.2, 0) is 8.92 Å². The molecule has 1 saturated heterocycles. The van der Waals surface area contributed by atoms with Gasteiger partial charge in [0.2, 0.25) is 0 Å². The van der Waals surface area contributed by atoms with E-state index in [-0.39, 0.29) is 12.0 Å². The number of rotatable bonds is 2. The van der Waals surface area contributed by atoms with Gasteiger partial charge in [0.25, 0.3) is 0 Å². The molecule has 112 valence electrons. The zero-order valence-electron chi connectivity index (χ0n) is 11.9. The normalized spacial score (nSPS) is 16.5. The van der Waals surface area contributed by atoms with Crippen molar-refractivity contribution in [2.45, 2.75) is 5.92 Å². The molecular formula is C17H15NO3S. The number of hydrogen-bond acceptors (Lipinski definition) is 4. The van der Waals surface area contributed by atoms with Crippen LogP contribution in [0.2, 0.25) is 0 Å². The van der Waals surface area contributed by atoms with Crippen molar-refractivity contribution in [3.63, 3.8) is 0 Å². The van der Waals surface area contributed by atoms with Gasteiger partial charge in [0.05, 0.1) is 13.2 Å². The number of carbonyl (C=O) groups excluding carboxylic acids is 1. The molecule has 5 heteroatoms. The Hall–Kier alpha value is -1.98. The molecule has 2 aliphatic rings. The Bertz CT molecular complexity index is 667. The van der Waals surface area contributed by atoms with Crippen molar-refractivity contribution in [3.8, 4) is 11.1 Å². The number of benzene rings is 2. The molecule has 0 unspecified atom stereocenters. The minimum absolute atomic E-state index is 0.102. The maximum absolute atomic E-state index is 12.0. The van der Waals surface area contributed by atoms with Crippen molar-refractivity contribution in [1.82, 2.24) is 4.31 Å². The monoisotopic (exact) mass is 313 g/mol. The number of ether oxygens (including phenoxy) is 1. The molecule has 1 heterocycles. The molecule has 4 nitrogen and oxygen atoms in total. The topological polar surface area (TPSA) is 38.8 Å². The first kappa shape index (κ1) is 13.7. The predicted octanol–water partition coefficient (Wildman–Crippen LogP) is 3.83. The molecule has 1 amide bonds. The lowest BCUT2D eigenvalue weighted by Gasteiger charge is -2.16. The van der Waals surface area contributed by atoms with Gasteiger partial charge in [-0.2, -0.15) is 0 Å². The van der Waals surface area contributed by atoms with Crippen LogP contribution in [0.3, 0.4) is 0 Å². The molecule has 0 aromatic heterocycles. The van der Waals surface area contributed by atoms with Gasteiger partial charge < -0.3 is 4.74 Å². The summed E-state index contributed by atoms with van der Waals surface area (Å²) >= 11 is 1.06. The van der Waals surface area contributed by atoms with Crippen molar-refractivity contribution in [2.75, 3.05) is 19.8 Å². The smallest absolute Gasteiger partial charge is 0.421 e. The molecule has 22 heavy (non-hydrogen) atoms. The van der Waals surface area contributed by atoms with Gasteiger partial charge in [0.15, 0.2) is 0 Å². The lowest BCUT2D eigenvalue weighted by Crippen LogP contribution is -2.25. The van der Waals surface area contributed by atoms with Crippen LogP contribution in [0, 0.1) is 0 Å². The van der Waals surface area contributed by atoms with E-state index < -0.39 is 0 Å². The zero-order valence-corrected chi connectivity index (χ0v) is 12.7. The fraction of sp³-hybridized carbons (Fsp3) is 0.235. The molecule has 0 radical (unpaired) electrons. The summed E-state index contributed by atoms with van der Waals surface area (Å²) in [6.45, 7) is 1.47. The molecule has 1 aliphatic carbocycles. The Morgan fingerprint density at radius 2 is 1.77 bits per heavy atom. The second-order valence-corrected chi connectivity index (χ2v) is 6.13. The van der Waals surface area contributed by atoms with Gasteiger partial charge in [-0.05, 0) is 22.3 Å². The van der Waals surface area contributed by atoms with Gasteiger partial charge in [0, 0.05) is 5.92 Å². The lowest BCUT2D eigenvalue weighted by molar-refractivity contribution is 0.127. The first-order valence-electron chi connectivity index (χ1n) is 7.26. The summed E-state index contributed by atoms with van der Waals surface area (Å²) in [7, 11) is 0. The zero-order chi connectivity index (χ0) is 14.9. The summed E-state index contributed by atoms with van der Waals surface area (Å²) < 4.78 is 12.1. The standard InChI is InChI=1S/C17H15NO3S/c19-17(18-9-10-21-22-18)20-11-16-14-7-3-1-5-12(14)13-6-2-4-8-15(13)16/h1-8,16H,9-11H2. The molecule has 0 N–H and O–H groups in total. The highest BCUT2D eigenvalue weighted by molar-refractivity contribution is 7.93. The van der Waals surface area contributed by atoms with E-state index in [1.165, 1.54) is 26.6 Å². The second kappa shape index (κ2) is 5.66. The molecule has 0 saturated carbocycles. The van der Waals surface area contributed by atoms with Crippen molar-refractivity contribution < 1.29 is 13.7 Å². The van der Waals surface area contributed by atoms with Gasteiger partial charge >= 0.3 is 6.09 Å². The molecule has 2 aromatic rings. The highest BCUT2D eigenvalue weighted by Crippen LogP contribution is 2.44. The number of amides is 1.